The van der Waals surface area contributed by atoms with Crippen LogP contribution in [0.3, 0.4) is 0 Å². The van der Waals surface area contributed by atoms with E-state index in [2.05, 4.69) is 12.2 Å². The van der Waals surface area contributed by atoms with E-state index in [-0.39, 0.29) is 6.04 Å². The number of anilines is 1. The first kappa shape index (κ1) is 14.0. The lowest BCUT2D eigenvalue weighted by molar-refractivity contribution is 0.415. The molecule has 1 atom stereocenters. The summed E-state index contributed by atoms with van der Waals surface area (Å²) in [6.45, 7) is 2.07. The minimum Gasteiger partial charge on any atom is -0.497 e. The molecule has 0 aliphatic heterocycles. The maximum absolute atomic E-state index is 6.02. The molecule has 0 amide bonds. The van der Waals surface area contributed by atoms with Crippen molar-refractivity contribution in [2.24, 2.45) is 0 Å². The number of nitrogens with one attached hydrogen (secondary N) is 1. The molecule has 0 radical (unpaired) electrons. The summed E-state index contributed by atoms with van der Waals surface area (Å²) in [6, 6.07) is 13.6. The lowest BCUT2D eigenvalue weighted by Crippen LogP contribution is -2.06. The van der Waals surface area contributed by atoms with E-state index in [4.69, 9.17) is 27.9 Å². The van der Waals surface area contributed by atoms with E-state index in [1.54, 1.807) is 7.11 Å². The molecule has 0 bridgehead atoms. The predicted octanol–water partition coefficient (Wildman–Crippen LogP) is 5.18. The third kappa shape index (κ3) is 3.55. The number of halogens is 2. The second-order valence-electron chi connectivity index (χ2n) is 4.27. The van der Waals surface area contributed by atoms with Crippen molar-refractivity contribution in [3.05, 3.63) is 58.1 Å². The minimum atomic E-state index is 0.142. The molecule has 0 aromatic heterocycles. The Bertz CT molecular complexity index is 555. The third-order valence-corrected chi connectivity index (χ3v) is 3.66. The molecule has 1 N–H and O–H groups in total. The van der Waals surface area contributed by atoms with Crippen molar-refractivity contribution in [3.8, 4) is 5.75 Å². The smallest absolute Gasteiger partial charge is 0.119 e. The van der Waals surface area contributed by atoms with Crippen molar-refractivity contribution >= 4 is 28.9 Å². The number of benzene rings is 2. The Morgan fingerprint density at radius 2 is 1.68 bits per heavy atom. The molecule has 0 spiro atoms. The van der Waals surface area contributed by atoms with Gasteiger partial charge in [-0.2, -0.15) is 0 Å². The Balaban J connectivity index is 2.10. The lowest BCUT2D eigenvalue weighted by Gasteiger charge is -2.16. The standard InChI is InChI=1S/C15H15Cl2NO/c1-10(11-3-8-14(16)15(17)9-11)18-12-4-6-13(19-2)7-5-12/h3-10,18H,1-2H3. The van der Waals surface area contributed by atoms with Gasteiger partial charge in [0.15, 0.2) is 0 Å². The van der Waals surface area contributed by atoms with Crippen molar-refractivity contribution in [2.75, 3.05) is 12.4 Å². The zero-order valence-corrected chi connectivity index (χ0v) is 12.3. The molecule has 0 saturated carbocycles. The molecule has 2 rings (SSSR count). The Kier molecular flexibility index (Phi) is 4.56. The van der Waals surface area contributed by atoms with Crippen molar-refractivity contribution < 1.29 is 4.74 Å². The van der Waals surface area contributed by atoms with Gasteiger partial charge in [0.25, 0.3) is 0 Å². The van der Waals surface area contributed by atoms with Crippen LogP contribution >= 0.6 is 23.2 Å². The zero-order chi connectivity index (χ0) is 13.8. The van der Waals surface area contributed by atoms with E-state index < -0.39 is 0 Å². The van der Waals surface area contributed by atoms with Crippen LogP contribution in [0.5, 0.6) is 5.75 Å². The Morgan fingerprint density at radius 3 is 2.26 bits per heavy atom. The number of hydrogen-bond donors (Lipinski definition) is 1. The summed E-state index contributed by atoms with van der Waals surface area (Å²) in [5, 5.41) is 4.54. The van der Waals surface area contributed by atoms with Crippen LogP contribution in [0.4, 0.5) is 5.69 Å². The summed E-state index contributed by atoms with van der Waals surface area (Å²) in [5.41, 5.74) is 2.12. The normalized spacial score (nSPS) is 12.0. The van der Waals surface area contributed by atoms with E-state index >= 15 is 0 Å². The van der Waals surface area contributed by atoms with Gasteiger partial charge in [-0.3, -0.25) is 0 Å². The summed E-state index contributed by atoms with van der Waals surface area (Å²) in [7, 11) is 1.65. The highest BCUT2D eigenvalue weighted by Crippen LogP contribution is 2.27. The molecular weight excluding hydrogens is 281 g/mol. The van der Waals surface area contributed by atoms with Gasteiger partial charge in [0.2, 0.25) is 0 Å². The SMILES string of the molecule is COc1ccc(NC(C)c2ccc(Cl)c(Cl)c2)cc1. The van der Waals surface area contributed by atoms with Gasteiger partial charge in [-0.15, -0.1) is 0 Å². The Labute approximate surface area is 123 Å². The van der Waals surface area contributed by atoms with Crippen molar-refractivity contribution in [3.63, 3.8) is 0 Å². The first-order valence-corrected chi connectivity index (χ1v) is 6.71. The van der Waals surface area contributed by atoms with E-state index in [0.29, 0.717) is 10.0 Å². The Hall–Kier alpha value is -1.38. The van der Waals surface area contributed by atoms with Crippen molar-refractivity contribution in [2.45, 2.75) is 13.0 Å². The first-order chi connectivity index (χ1) is 9.10. The molecule has 2 aromatic carbocycles. The molecule has 0 heterocycles. The van der Waals surface area contributed by atoms with Crippen molar-refractivity contribution in [1.82, 2.24) is 0 Å². The van der Waals surface area contributed by atoms with E-state index in [0.717, 1.165) is 17.0 Å². The molecule has 0 aliphatic carbocycles. The van der Waals surface area contributed by atoms with Gasteiger partial charge in [0.1, 0.15) is 5.75 Å². The lowest BCUT2D eigenvalue weighted by atomic mass is 10.1. The molecule has 2 aromatic rings. The molecule has 0 saturated heterocycles. The van der Waals surface area contributed by atoms with Crippen LogP contribution in [0.15, 0.2) is 42.5 Å². The van der Waals surface area contributed by atoms with E-state index in [9.17, 15) is 0 Å². The summed E-state index contributed by atoms with van der Waals surface area (Å²) in [6.07, 6.45) is 0. The van der Waals surface area contributed by atoms with Gasteiger partial charge in [-0.1, -0.05) is 29.3 Å². The average molecular weight is 296 g/mol. The predicted molar refractivity (Wildman–Crippen MR) is 81.5 cm³/mol. The van der Waals surface area contributed by atoms with Crippen LogP contribution in [0.1, 0.15) is 18.5 Å². The maximum Gasteiger partial charge on any atom is 0.119 e. The summed E-state index contributed by atoms with van der Waals surface area (Å²) < 4.78 is 5.13. The average Bonchev–Trinajstić information content (AvgIpc) is 2.42. The minimum absolute atomic E-state index is 0.142. The molecule has 2 nitrogen and oxygen atoms in total. The summed E-state index contributed by atoms with van der Waals surface area (Å²) >= 11 is 11.9. The molecule has 19 heavy (non-hydrogen) atoms. The maximum atomic E-state index is 6.02. The number of methoxy groups -OCH3 is 1. The highest BCUT2D eigenvalue weighted by Gasteiger charge is 2.07. The van der Waals surface area contributed by atoms with Crippen LogP contribution in [-0.4, -0.2) is 7.11 Å². The Morgan fingerprint density at radius 1 is 1.00 bits per heavy atom. The van der Waals surface area contributed by atoms with Crippen molar-refractivity contribution in [1.29, 1.82) is 0 Å². The second-order valence-corrected chi connectivity index (χ2v) is 5.08. The largest absolute Gasteiger partial charge is 0.497 e. The highest BCUT2D eigenvalue weighted by atomic mass is 35.5. The monoisotopic (exact) mass is 295 g/mol. The van der Waals surface area contributed by atoms with Gasteiger partial charge < -0.3 is 10.1 Å². The quantitative estimate of drug-likeness (QED) is 0.839. The summed E-state index contributed by atoms with van der Waals surface area (Å²) in [4.78, 5) is 0. The van der Waals surface area contributed by atoms with Crippen LogP contribution in [0.2, 0.25) is 10.0 Å². The molecule has 100 valence electrons. The second kappa shape index (κ2) is 6.18. The third-order valence-electron chi connectivity index (χ3n) is 2.92. The van der Waals surface area contributed by atoms with Gasteiger partial charge in [0.05, 0.1) is 17.2 Å². The van der Waals surface area contributed by atoms with Gasteiger partial charge in [-0.25, -0.2) is 0 Å². The summed E-state index contributed by atoms with van der Waals surface area (Å²) in [5.74, 6) is 0.841. The fourth-order valence-electron chi connectivity index (χ4n) is 1.80. The topological polar surface area (TPSA) is 21.3 Å². The van der Waals surface area contributed by atoms with Gasteiger partial charge >= 0.3 is 0 Å². The highest BCUT2D eigenvalue weighted by molar-refractivity contribution is 6.42. The fraction of sp³-hybridized carbons (Fsp3) is 0.200. The van der Waals surface area contributed by atoms with E-state index in [1.807, 2.05) is 42.5 Å². The van der Waals surface area contributed by atoms with Gasteiger partial charge in [-0.05, 0) is 48.9 Å². The zero-order valence-electron chi connectivity index (χ0n) is 10.8. The first-order valence-electron chi connectivity index (χ1n) is 5.95. The number of ether oxygens (including phenoxy) is 1. The molecule has 1 unspecified atom stereocenters. The van der Waals surface area contributed by atoms with Crippen LogP contribution in [-0.2, 0) is 0 Å². The molecule has 4 heteroatoms. The molecule has 0 fully saturated rings. The molecule has 0 aliphatic rings. The number of rotatable bonds is 4. The van der Waals surface area contributed by atoms with Crippen LogP contribution in [0, 0.1) is 0 Å². The van der Waals surface area contributed by atoms with Crippen LogP contribution in [0.25, 0.3) is 0 Å². The van der Waals surface area contributed by atoms with Crippen LogP contribution < -0.4 is 10.1 Å². The number of hydrogen-bond acceptors (Lipinski definition) is 2. The fourth-order valence-corrected chi connectivity index (χ4v) is 2.11. The molecular formula is C15H15Cl2NO. The van der Waals surface area contributed by atoms with E-state index in [1.165, 1.54) is 0 Å². The van der Waals surface area contributed by atoms with Gasteiger partial charge in [0, 0.05) is 11.7 Å².